The first-order valence-corrected chi connectivity index (χ1v) is 7.31. The van der Waals surface area contributed by atoms with Crippen LogP contribution in [-0.4, -0.2) is 39.5 Å². The van der Waals surface area contributed by atoms with Crippen LogP contribution in [0.25, 0.3) is 0 Å². The minimum absolute atomic E-state index is 0.0934. The van der Waals surface area contributed by atoms with Crippen molar-refractivity contribution in [3.05, 3.63) is 34.8 Å². The lowest BCUT2D eigenvalue weighted by Gasteiger charge is -2.10. The molecule has 8 heteroatoms. The number of nitrogens with zero attached hydrogens (tertiary/aromatic N) is 3. The number of aromatic hydroxyl groups is 1. The van der Waals surface area contributed by atoms with Gasteiger partial charge in [-0.15, -0.1) is 0 Å². The highest BCUT2D eigenvalue weighted by atomic mass is 16.5. The second-order valence-electron chi connectivity index (χ2n) is 5.23. The number of rotatable bonds is 4. The fraction of sp³-hybridized carbons (Fsp3) is 0.333. The Morgan fingerprint density at radius 1 is 1.48 bits per heavy atom. The van der Waals surface area contributed by atoms with E-state index < -0.39 is 0 Å². The molecule has 3 rings (SSSR count). The molecule has 3 N–H and O–H groups in total. The van der Waals surface area contributed by atoms with Gasteiger partial charge in [0.1, 0.15) is 0 Å². The average molecular weight is 315 g/mol. The third-order valence-corrected chi connectivity index (χ3v) is 3.70. The third-order valence-electron chi connectivity index (χ3n) is 3.70. The van der Waals surface area contributed by atoms with Crippen molar-refractivity contribution in [3.63, 3.8) is 0 Å². The van der Waals surface area contributed by atoms with Gasteiger partial charge in [0.25, 0.3) is 11.8 Å². The number of carbonyl (C=O) groups excluding carboxylic acids is 1. The molecule has 1 aliphatic rings. The SMILES string of the molecule is COc1ncc(C=NNC(=O)c2n[nH]c3c2CCCC3)cc1O. The molecule has 23 heavy (non-hydrogen) atoms. The second kappa shape index (κ2) is 6.47. The summed E-state index contributed by atoms with van der Waals surface area (Å²) in [7, 11) is 1.42. The largest absolute Gasteiger partial charge is 0.503 e. The Morgan fingerprint density at radius 3 is 3.09 bits per heavy atom. The van der Waals surface area contributed by atoms with Crippen LogP contribution in [0.15, 0.2) is 17.4 Å². The molecule has 1 amide bonds. The van der Waals surface area contributed by atoms with Crippen LogP contribution < -0.4 is 10.2 Å². The van der Waals surface area contributed by atoms with Crippen molar-refractivity contribution in [2.24, 2.45) is 5.10 Å². The number of aromatic nitrogens is 3. The third kappa shape index (κ3) is 3.15. The van der Waals surface area contributed by atoms with E-state index in [0.29, 0.717) is 11.3 Å². The average Bonchev–Trinajstić information content (AvgIpc) is 2.99. The maximum atomic E-state index is 12.1. The lowest BCUT2D eigenvalue weighted by Crippen LogP contribution is -2.20. The number of H-pyrrole nitrogens is 1. The highest BCUT2D eigenvalue weighted by molar-refractivity contribution is 5.94. The number of pyridine rings is 1. The Morgan fingerprint density at radius 2 is 2.30 bits per heavy atom. The van der Waals surface area contributed by atoms with Crippen LogP contribution >= 0.6 is 0 Å². The lowest BCUT2D eigenvalue weighted by molar-refractivity contribution is 0.0949. The summed E-state index contributed by atoms with van der Waals surface area (Å²) in [6.07, 6.45) is 6.83. The number of nitrogens with one attached hydrogen (secondary N) is 2. The first-order valence-electron chi connectivity index (χ1n) is 7.31. The van der Waals surface area contributed by atoms with Gasteiger partial charge in [0.05, 0.1) is 13.3 Å². The molecule has 8 nitrogen and oxygen atoms in total. The van der Waals surface area contributed by atoms with Crippen LogP contribution in [0.3, 0.4) is 0 Å². The summed E-state index contributed by atoms with van der Waals surface area (Å²) in [5.41, 5.74) is 5.39. The zero-order chi connectivity index (χ0) is 16.2. The van der Waals surface area contributed by atoms with Gasteiger partial charge in [0.15, 0.2) is 11.4 Å². The van der Waals surface area contributed by atoms with Gasteiger partial charge in [-0.1, -0.05) is 0 Å². The molecule has 0 saturated heterocycles. The molecule has 120 valence electrons. The van der Waals surface area contributed by atoms with Crippen molar-refractivity contribution in [1.29, 1.82) is 0 Å². The van der Waals surface area contributed by atoms with Crippen molar-refractivity contribution in [2.75, 3.05) is 7.11 Å². The molecule has 2 aromatic heterocycles. The molecule has 0 spiro atoms. The van der Waals surface area contributed by atoms with E-state index in [9.17, 15) is 9.90 Å². The van der Waals surface area contributed by atoms with Crippen molar-refractivity contribution in [3.8, 4) is 11.6 Å². The molecule has 0 unspecified atom stereocenters. The quantitative estimate of drug-likeness (QED) is 0.579. The molecule has 0 aromatic carbocycles. The number of hydrazone groups is 1. The molecule has 0 atom stereocenters. The maximum Gasteiger partial charge on any atom is 0.292 e. The summed E-state index contributed by atoms with van der Waals surface area (Å²) in [4.78, 5) is 16.1. The number of amides is 1. The van der Waals surface area contributed by atoms with Crippen molar-refractivity contribution in [2.45, 2.75) is 25.7 Å². The molecule has 0 bridgehead atoms. The summed E-state index contributed by atoms with van der Waals surface area (Å²) in [6.45, 7) is 0. The lowest BCUT2D eigenvalue weighted by atomic mass is 9.96. The van der Waals surface area contributed by atoms with E-state index in [0.717, 1.165) is 36.9 Å². The van der Waals surface area contributed by atoms with Crippen LogP contribution in [0, 0.1) is 0 Å². The summed E-state index contributed by atoms with van der Waals surface area (Å²) in [5.74, 6) is -0.315. The molecule has 0 saturated carbocycles. The fourth-order valence-corrected chi connectivity index (χ4v) is 2.57. The van der Waals surface area contributed by atoms with E-state index in [2.05, 4.69) is 25.7 Å². The van der Waals surface area contributed by atoms with E-state index >= 15 is 0 Å². The summed E-state index contributed by atoms with van der Waals surface area (Å²) < 4.78 is 4.86. The summed E-state index contributed by atoms with van der Waals surface area (Å²) in [6, 6.07) is 1.44. The molecule has 2 aromatic rings. The molecule has 0 aliphatic heterocycles. The Kier molecular flexibility index (Phi) is 4.22. The number of ether oxygens (including phenoxy) is 1. The van der Waals surface area contributed by atoms with Gasteiger partial charge < -0.3 is 9.84 Å². The molecule has 0 radical (unpaired) electrons. The van der Waals surface area contributed by atoms with Crippen LogP contribution in [-0.2, 0) is 12.8 Å². The Bertz CT molecular complexity index is 754. The van der Waals surface area contributed by atoms with Gasteiger partial charge in [0, 0.05) is 23.0 Å². The fourth-order valence-electron chi connectivity index (χ4n) is 2.57. The number of methoxy groups -OCH3 is 1. The minimum Gasteiger partial charge on any atom is -0.503 e. The number of hydrogen-bond donors (Lipinski definition) is 3. The number of carbonyl (C=O) groups is 1. The molecular formula is C15H17N5O3. The number of aryl methyl sites for hydroxylation is 1. The van der Waals surface area contributed by atoms with E-state index in [1.165, 1.54) is 25.6 Å². The van der Waals surface area contributed by atoms with Gasteiger partial charge >= 0.3 is 0 Å². The van der Waals surface area contributed by atoms with E-state index in [-0.39, 0.29) is 17.5 Å². The van der Waals surface area contributed by atoms with E-state index in [1.807, 2.05) is 0 Å². The zero-order valence-corrected chi connectivity index (χ0v) is 12.7. The summed E-state index contributed by atoms with van der Waals surface area (Å²) >= 11 is 0. The predicted octanol–water partition coefficient (Wildman–Crippen LogP) is 1.16. The minimum atomic E-state index is -0.355. The highest BCUT2D eigenvalue weighted by Crippen LogP contribution is 2.23. The number of hydrogen-bond acceptors (Lipinski definition) is 6. The van der Waals surface area contributed by atoms with Crippen LogP contribution in [0.2, 0.25) is 0 Å². The standard InChI is InChI=1S/C15H17N5O3/c1-23-15-12(21)6-9(7-16-15)8-17-20-14(22)13-10-4-2-3-5-11(10)18-19-13/h6-8,21H,2-5H2,1H3,(H,18,19)(H,20,22). The van der Waals surface area contributed by atoms with Gasteiger partial charge in [-0.25, -0.2) is 10.4 Å². The Labute approximate surface area is 132 Å². The summed E-state index contributed by atoms with van der Waals surface area (Å²) in [5, 5.41) is 20.5. The molecular weight excluding hydrogens is 298 g/mol. The Hall–Kier alpha value is -2.90. The van der Waals surface area contributed by atoms with E-state index in [4.69, 9.17) is 4.74 Å². The van der Waals surface area contributed by atoms with Crippen LogP contribution in [0.4, 0.5) is 0 Å². The van der Waals surface area contributed by atoms with Crippen LogP contribution in [0.5, 0.6) is 11.6 Å². The molecule has 2 heterocycles. The first kappa shape index (κ1) is 15.0. The number of aromatic amines is 1. The zero-order valence-electron chi connectivity index (χ0n) is 12.7. The van der Waals surface area contributed by atoms with Crippen molar-refractivity contribution < 1.29 is 14.6 Å². The maximum absolute atomic E-state index is 12.1. The highest BCUT2D eigenvalue weighted by Gasteiger charge is 2.21. The predicted molar refractivity (Wildman–Crippen MR) is 82.7 cm³/mol. The second-order valence-corrected chi connectivity index (χ2v) is 5.23. The molecule has 0 fully saturated rings. The monoisotopic (exact) mass is 315 g/mol. The first-order chi connectivity index (χ1) is 11.2. The van der Waals surface area contributed by atoms with Gasteiger partial charge in [0.2, 0.25) is 0 Å². The topological polar surface area (TPSA) is 112 Å². The Balaban J connectivity index is 1.67. The molecule has 1 aliphatic carbocycles. The van der Waals surface area contributed by atoms with Crippen molar-refractivity contribution in [1.82, 2.24) is 20.6 Å². The van der Waals surface area contributed by atoms with Gasteiger partial charge in [-0.05, 0) is 31.7 Å². The smallest absolute Gasteiger partial charge is 0.292 e. The van der Waals surface area contributed by atoms with Gasteiger partial charge in [-0.3, -0.25) is 9.89 Å². The van der Waals surface area contributed by atoms with Crippen molar-refractivity contribution >= 4 is 12.1 Å². The van der Waals surface area contributed by atoms with E-state index in [1.54, 1.807) is 0 Å². The normalized spacial score (nSPS) is 13.8. The number of fused-ring (bicyclic) bond motifs is 1. The van der Waals surface area contributed by atoms with Crippen LogP contribution in [0.1, 0.15) is 40.2 Å². The van der Waals surface area contributed by atoms with Gasteiger partial charge in [-0.2, -0.15) is 10.2 Å².